The van der Waals surface area contributed by atoms with Crippen molar-refractivity contribution >= 4 is 18.3 Å². The van der Waals surface area contributed by atoms with Crippen LogP contribution in [0.5, 0.6) is 0 Å². The minimum Gasteiger partial charge on any atom is -0.350 e. The molecule has 1 amide bonds. The lowest BCUT2D eigenvalue weighted by Crippen LogP contribution is -2.42. The van der Waals surface area contributed by atoms with E-state index in [1.54, 1.807) is 0 Å². The molecular weight excluding hydrogens is 310 g/mol. The molecule has 1 aromatic rings. The molecule has 0 saturated heterocycles. The number of carbonyl (C=O) groups is 1. The number of nitrogens with two attached hydrogens (primary N) is 1. The normalized spacial score (nSPS) is 20.5. The van der Waals surface area contributed by atoms with Crippen molar-refractivity contribution in [2.45, 2.75) is 38.0 Å². The summed E-state index contributed by atoms with van der Waals surface area (Å²) in [6.07, 6.45) is 0.723. The number of rotatable bonds is 6. The molecule has 0 aliphatic heterocycles. The van der Waals surface area contributed by atoms with Gasteiger partial charge in [-0.1, -0.05) is 38.1 Å². The van der Waals surface area contributed by atoms with Gasteiger partial charge in [0.05, 0.1) is 13.1 Å². The van der Waals surface area contributed by atoms with Crippen LogP contribution in [-0.2, 0) is 4.79 Å². The number of hydrogen-bond donors (Lipinski definition) is 2. The van der Waals surface area contributed by atoms with E-state index >= 15 is 0 Å². The lowest BCUT2D eigenvalue weighted by Gasteiger charge is -2.14. The zero-order chi connectivity index (χ0) is 15.6. The predicted molar refractivity (Wildman–Crippen MR) is 85.6 cm³/mol. The number of benzene rings is 1. The standard InChI is InChI=1S/C16H22F2N2O.ClH/c1-10(2)11-3-5-12(6-4-11)13-7-14(13)15(21)20-9-16(17,18)8-19;/h3-6,10,13-14H,7-9,19H2,1-2H3,(H,20,21);1H. The highest BCUT2D eigenvalue weighted by Gasteiger charge is 2.44. The van der Waals surface area contributed by atoms with Gasteiger partial charge in [-0.15, -0.1) is 12.4 Å². The Bertz CT molecular complexity index is 505. The molecule has 3 N–H and O–H groups in total. The predicted octanol–water partition coefficient (Wildman–Crippen LogP) is 3.05. The van der Waals surface area contributed by atoms with E-state index in [-0.39, 0.29) is 30.2 Å². The first-order chi connectivity index (χ1) is 9.84. The second-order valence-electron chi connectivity index (χ2n) is 6.05. The molecule has 1 fully saturated rings. The van der Waals surface area contributed by atoms with Crippen LogP contribution in [0.4, 0.5) is 8.78 Å². The fourth-order valence-electron chi connectivity index (χ4n) is 2.40. The monoisotopic (exact) mass is 332 g/mol. The number of amides is 1. The zero-order valence-corrected chi connectivity index (χ0v) is 13.6. The summed E-state index contributed by atoms with van der Waals surface area (Å²) in [7, 11) is 0. The molecular formula is C16H23ClF2N2O. The van der Waals surface area contributed by atoms with Gasteiger partial charge in [-0.25, -0.2) is 8.78 Å². The molecule has 0 aromatic heterocycles. The Balaban J connectivity index is 0.00000242. The maximum atomic E-state index is 13.0. The van der Waals surface area contributed by atoms with Gasteiger partial charge < -0.3 is 11.1 Å². The van der Waals surface area contributed by atoms with Crippen LogP contribution in [0.2, 0.25) is 0 Å². The van der Waals surface area contributed by atoms with Crippen LogP contribution in [0.15, 0.2) is 24.3 Å². The summed E-state index contributed by atoms with van der Waals surface area (Å²) in [6, 6.07) is 8.19. The van der Waals surface area contributed by atoms with E-state index in [4.69, 9.17) is 5.73 Å². The van der Waals surface area contributed by atoms with Crippen molar-refractivity contribution in [2.75, 3.05) is 13.1 Å². The molecule has 124 valence electrons. The topological polar surface area (TPSA) is 55.1 Å². The molecule has 1 saturated carbocycles. The highest BCUT2D eigenvalue weighted by Crippen LogP contribution is 2.47. The van der Waals surface area contributed by atoms with Crippen LogP contribution in [0.25, 0.3) is 0 Å². The first-order valence-electron chi connectivity index (χ1n) is 7.29. The largest absolute Gasteiger partial charge is 0.350 e. The molecule has 0 heterocycles. The molecule has 1 aliphatic rings. The highest BCUT2D eigenvalue weighted by molar-refractivity contribution is 5.85. The zero-order valence-electron chi connectivity index (χ0n) is 12.8. The second kappa shape index (κ2) is 7.38. The van der Waals surface area contributed by atoms with Crippen LogP contribution < -0.4 is 11.1 Å². The molecule has 22 heavy (non-hydrogen) atoms. The Morgan fingerprint density at radius 1 is 1.36 bits per heavy atom. The molecule has 0 spiro atoms. The van der Waals surface area contributed by atoms with Crippen LogP contribution >= 0.6 is 12.4 Å². The third-order valence-corrected chi connectivity index (χ3v) is 3.98. The van der Waals surface area contributed by atoms with Crippen LogP contribution in [0.3, 0.4) is 0 Å². The molecule has 1 aromatic carbocycles. The molecule has 1 aliphatic carbocycles. The van der Waals surface area contributed by atoms with Crippen LogP contribution in [0, 0.1) is 5.92 Å². The van der Waals surface area contributed by atoms with Gasteiger partial charge in [-0.2, -0.15) is 0 Å². The van der Waals surface area contributed by atoms with Gasteiger partial charge in [0.15, 0.2) is 0 Å². The number of hydrogen-bond acceptors (Lipinski definition) is 2. The summed E-state index contributed by atoms with van der Waals surface area (Å²) in [5.74, 6) is -2.91. The van der Waals surface area contributed by atoms with E-state index in [1.807, 2.05) is 12.1 Å². The number of halogens is 3. The van der Waals surface area contributed by atoms with Crippen LogP contribution in [-0.4, -0.2) is 24.9 Å². The Kier molecular flexibility index (Phi) is 6.32. The lowest BCUT2D eigenvalue weighted by molar-refractivity contribution is -0.124. The second-order valence-corrected chi connectivity index (χ2v) is 6.05. The van der Waals surface area contributed by atoms with Crippen molar-refractivity contribution in [1.82, 2.24) is 5.32 Å². The maximum absolute atomic E-state index is 13.0. The Labute approximate surface area is 136 Å². The van der Waals surface area contributed by atoms with E-state index < -0.39 is 19.0 Å². The number of carbonyl (C=O) groups excluding carboxylic acids is 1. The van der Waals surface area contributed by atoms with Gasteiger partial charge in [-0.05, 0) is 29.4 Å². The summed E-state index contributed by atoms with van der Waals surface area (Å²) in [4.78, 5) is 11.8. The number of nitrogens with one attached hydrogen (secondary N) is 1. The number of alkyl halides is 2. The Hall–Kier alpha value is -1.20. The van der Waals surface area contributed by atoms with Crippen molar-refractivity contribution in [2.24, 2.45) is 11.7 Å². The summed E-state index contributed by atoms with van der Waals surface area (Å²) < 4.78 is 26.0. The van der Waals surface area contributed by atoms with E-state index in [0.717, 1.165) is 12.0 Å². The first-order valence-corrected chi connectivity index (χ1v) is 7.29. The van der Waals surface area contributed by atoms with E-state index in [1.165, 1.54) is 5.56 Å². The summed E-state index contributed by atoms with van der Waals surface area (Å²) in [6.45, 7) is 2.82. The minimum atomic E-state index is -3.03. The third kappa shape index (κ3) is 4.65. The Morgan fingerprint density at radius 3 is 2.45 bits per heavy atom. The van der Waals surface area contributed by atoms with Gasteiger partial charge in [0.2, 0.25) is 5.91 Å². The summed E-state index contributed by atoms with van der Waals surface area (Å²) >= 11 is 0. The first kappa shape index (κ1) is 18.8. The average Bonchev–Trinajstić information content (AvgIpc) is 3.25. The third-order valence-electron chi connectivity index (χ3n) is 3.98. The molecule has 6 heteroatoms. The molecule has 2 atom stereocenters. The van der Waals surface area contributed by atoms with Crippen LogP contribution in [0.1, 0.15) is 43.2 Å². The molecule has 3 nitrogen and oxygen atoms in total. The fourth-order valence-corrected chi connectivity index (χ4v) is 2.40. The van der Waals surface area contributed by atoms with E-state index in [2.05, 4.69) is 31.3 Å². The van der Waals surface area contributed by atoms with Gasteiger partial charge in [0.1, 0.15) is 0 Å². The van der Waals surface area contributed by atoms with Gasteiger partial charge in [0, 0.05) is 5.92 Å². The highest BCUT2D eigenvalue weighted by atomic mass is 35.5. The fraction of sp³-hybridized carbons (Fsp3) is 0.562. The molecule has 0 bridgehead atoms. The molecule has 2 rings (SSSR count). The smallest absolute Gasteiger partial charge is 0.277 e. The van der Waals surface area contributed by atoms with E-state index in [9.17, 15) is 13.6 Å². The van der Waals surface area contributed by atoms with Gasteiger partial charge in [-0.3, -0.25) is 4.79 Å². The van der Waals surface area contributed by atoms with Crippen molar-refractivity contribution in [3.63, 3.8) is 0 Å². The maximum Gasteiger partial charge on any atom is 0.277 e. The van der Waals surface area contributed by atoms with Gasteiger partial charge >= 0.3 is 0 Å². The SMILES string of the molecule is CC(C)c1ccc(C2CC2C(=O)NCC(F)(F)CN)cc1.Cl. The van der Waals surface area contributed by atoms with Crippen molar-refractivity contribution in [3.05, 3.63) is 35.4 Å². The van der Waals surface area contributed by atoms with Crippen molar-refractivity contribution in [3.8, 4) is 0 Å². The summed E-state index contributed by atoms with van der Waals surface area (Å²) in [5, 5.41) is 2.30. The molecule has 0 radical (unpaired) electrons. The van der Waals surface area contributed by atoms with E-state index in [0.29, 0.717) is 5.92 Å². The lowest BCUT2D eigenvalue weighted by atomic mass is 10.00. The average molecular weight is 333 g/mol. The quantitative estimate of drug-likeness (QED) is 0.841. The molecule has 2 unspecified atom stereocenters. The van der Waals surface area contributed by atoms with Crippen molar-refractivity contribution < 1.29 is 13.6 Å². The van der Waals surface area contributed by atoms with Gasteiger partial charge in [0.25, 0.3) is 5.92 Å². The van der Waals surface area contributed by atoms with Crippen molar-refractivity contribution in [1.29, 1.82) is 0 Å². The summed E-state index contributed by atoms with van der Waals surface area (Å²) in [5.41, 5.74) is 7.29. The minimum absolute atomic E-state index is 0. The Morgan fingerprint density at radius 2 is 1.95 bits per heavy atom.